The molecule has 2 rings (SSSR count). The van der Waals surface area contributed by atoms with Gasteiger partial charge in [0.1, 0.15) is 0 Å². The second-order valence-corrected chi connectivity index (χ2v) is 3.82. The lowest BCUT2D eigenvalue weighted by Gasteiger charge is -2.06. The highest BCUT2D eigenvalue weighted by atomic mass is 15.2. The Morgan fingerprint density at radius 1 is 1.50 bits per heavy atom. The van der Waals surface area contributed by atoms with Crippen molar-refractivity contribution >= 4 is 5.52 Å². The van der Waals surface area contributed by atoms with Gasteiger partial charge in [-0.1, -0.05) is 6.07 Å². The van der Waals surface area contributed by atoms with E-state index in [0.29, 0.717) is 0 Å². The zero-order chi connectivity index (χ0) is 10.1. The van der Waals surface area contributed by atoms with Crippen LogP contribution in [-0.2, 0) is 6.42 Å². The quantitative estimate of drug-likeness (QED) is 0.778. The number of hydrogen-bond acceptors (Lipinski definition) is 2. The zero-order valence-corrected chi connectivity index (χ0v) is 8.57. The molecule has 0 spiro atoms. The zero-order valence-electron chi connectivity index (χ0n) is 8.57. The van der Waals surface area contributed by atoms with Crippen molar-refractivity contribution in [1.82, 2.24) is 9.61 Å². The summed E-state index contributed by atoms with van der Waals surface area (Å²) in [4.78, 5) is 0. The Morgan fingerprint density at radius 2 is 2.29 bits per heavy atom. The normalized spacial score (nSPS) is 13.4. The van der Waals surface area contributed by atoms with Gasteiger partial charge in [0.25, 0.3) is 0 Å². The molecule has 0 aromatic carbocycles. The van der Waals surface area contributed by atoms with Crippen LogP contribution in [0.25, 0.3) is 5.52 Å². The Bertz CT molecular complexity index is 443. The first kappa shape index (κ1) is 9.21. The fraction of sp³-hybridized carbons (Fsp3) is 0.364. The second-order valence-electron chi connectivity index (χ2n) is 3.82. The Balaban J connectivity index is 2.53. The van der Waals surface area contributed by atoms with Crippen molar-refractivity contribution < 1.29 is 0 Å². The molecule has 0 saturated carbocycles. The molecule has 0 aliphatic rings. The van der Waals surface area contributed by atoms with E-state index in [4.69, 9.17) is 5.73 Å². The van der Waals surface area contributed by atoms with Crippen LogP contribution < -0.4 is 5.73 Å². The fourth-order valence-electron chi connectivity index (χ4n) is 1.68. The molecule has 2 aromatic heterocycles. The molecule has 14 heavy (non-hydrogen) atoms. The van der Waals surface area contributed by atoms with Gasteiger partial charge in [0.2, 0.25) is 0 Å². The van der Waals surface area contributed by atoms with Crippen LogP contribution in [-0.4, -0.2) is 15.7 Å². The first-order valence-electron chi connectivity index (χ1n) is 4.86. The smallest absolute Gasteiger partial charge is 0.0667 e. The van der Waals surface area contributed by atoms with Crippen molar-refractivity contribution in [1.29, 1.82) is 0 Å². The minimum Gasteiger partial charge on any atom is -0.328 e. The molecular weight excluding hydrogens is 174 g/mol. The molecular formula is C11H15N3. The Labute approximate surface area is 83.5 Å². The molecule has 2 aromatic rings. The van der Waals surface area contributed by atoms with Crippen LogP contribution in [0, 0.1) is 6.92 Å². The Kier molecular flexibility index (Phi) is 2.25. The summed E-state index contributed by atoms with van der Waals surface area (Å²) >= 11 is 0. The third-order valence-corrected chi connectivity index (χ3v) is 2.22. The van der Waals surface area contributed by atoms with E-state index in [-0.39, 0.29) is 6.04 Å². The van der Waals surface area contributed by atoms with Gasteiger partial charge in [-0.05, 0) is 32.0 Å². The number of nitrogens with zero attached hydrogens (tertiary/aromatic N) is 2. The topological polar surface area (TPSA) is 43.3 Å². The number of pyridine rings is 1. The predicted molar refractivity (Wildman–Crippen MR) is 57.3 cm³/mol. The first-order valence-corrected chi connectivity index (χ1v) is 4.86. The molecule has 3 heteroatoms. The van der Waals surface area contributed by atoms with E-state index in [0.717, 1.165) is 17.6 Å². The highest BCUT2D eigenvalue weighted by Gasteiger charge is 2.04. The summed E-state index contributed by atoms with van der Waals surface area (Å²) in [5.74, 6) is 0. The Morgan fingerprint density at radius 3 is 3.00 bits per heavy atom. The number of aryl methyl sites for hydroxylation is 1. The standard InChI is InChI=1S/C11H15N3/c1-8(12)6-10-4-3-5-11-7-9(2)13-14(10)11/h3-5,7-8H,6,12H2,1-2H3. The lowest BCUT2D eigenvalue weighted by atomic mass is 10.2. The van der Waals surface area contributed by atoms with Gasteiger partial charge in [-0.3, -0.25) is 0 Å². The molecule has 0 aliphatic carbocycles. The summed E-state index contributed by atoms with van der Waals surface area (Å²) in [6.45, 7) is 4.01. The van der Waals surface area contributed by atoms with Gasteiger partial charge in [-0.2, -0.15) is 5.10 Å². The average molecular weight is 189 g/mol. The van der Waals surface area contributed by atoms with Gasteiger partial charge in [0.15, 0.2) is 0 Å². The van der Waals surface area contributed by atoms with Crippen LogP contribution in [0.15, 0.2) is 24.3 Å². The molecule has 2 heterocycles. The van der Waals surface area contributed by atoms with Gasteiger partial charge < -0.3 is 5.73 Å². The highest BCUT2D eigenvalue weighted by molar-refractivity contribution is 5.48. The molecule has 74 valence electrons. The second kappa shape index (κ2) is 3.42. The summed E-state index contributed by atoms with van der Waals surface area (Å²) in [5.41, 5.74) is 9.14. The van der Waals surface area contributed by atoms with Crippen LogP contribution in [0.4, 0.5) is 0 Å². The van der Waals surface area contributed by atoms with Crippen molar-refractivity contribution in [2.45, 2.75) is 26.3 Å². The van der Waals surface area contributed by atoms with E-state index in [9.17, 15) is 0 Å². The van der Waals surface area contributed by atoms with Gasteiger partial charge in [-0.25, -0.2) is 4.52 Å². The lowest BCUT2D eigenvalue weighted by molar-refractivity contribution is 0.696. The SMILES string of the molecule is Cc1cc2cccc(CC(C)N)n2n1. The van der Waals surface area contributed by atoms with E-state index in [1.807, 2.05) is 24.4 Å². The van der Waals surface area contributed by atoms with Crippen LogP contribution in [0.3, 0.4) is 0 Å². The number of rotatable bonds is 2. The third-order valence-electron chi connectivity index (χ3n) is 2.22. The van der Waals surface area contributed by atoms with Crippen LogP contribution in [0.5, 0.6) is 0 Å². The van der Waals surface area contributed by atoms with Crippen molar-refractivity contribution in [3.63, 3.8) is 0 Å². The first-order chi connectivity index (χ1) is 6.66. The number of aromatic nitrogens is 2. The minimum absolute atomic E-state index is 0.171. The number of nitrogens with two attached hydrogens (primary N) is 1. The largest absolute Gasteiger partial charge is 0.328 e. The summed E-state index contributed by atoms with van der Waals surface area (Å²) in [7, 11) is 0. The molecule has 0 amide bonds. The summed E-state index contributed by atoms with van der Waals surface area (Å²) < 4.78 is 1.97. The highest BCUT2D eigenvalue weighted by Crippen LogP contribution is 2.10. The predicted octanol–water partition coefficient (Wildman–Crippen LogP) is 1.53. The third kappa shape index (κ3) is 1.63. The van der Waals surface area contributed by atoms with Crippen LogP contribution in [0.2, 0.25) is 0 Å². The van der Waals surface area contributed by atoms with Crippen LogP contribution >= 0.6 is 0 Å². The van der Waals surface area contributed by atoms with E-state index >= 15 is 0 Å². The monoisotopic (exact) mass is 189 g/mol. The van der Waals surface area contributed by atoms with Gasteiger partial charge in [0, 0.05) is 18.2 Å². The summed E-state index contributed by atoms with van der Waals surface area (Å²) in [6, 6.07) is 8.43. The molecule has 1 atom stereocenters. The lowest BCUT2D eigenvalue weighted by Crippen LogP contribution is -2.19. The molecule has 1 unspecified atom stereocenters. The minimum atomic E-state index is 0.171. The molecule has 3 nitrogen and oxygen atoms in total. The molecule has 0 radical (unpaired) electrons. The van der Waals surface area contributed by atoms with Crippen LogP contribution in [0.1, 0.15) is 18.3 Å². The number of hydrogen-bond donors (Lipinski definition) is 1. The van der Waals surface area contributed by atoms with E-state index in [1.165, 1.54) is 5.69 Å². The number of fused-ring (bicyclic) bond motifs is 1. The molecule has 0 bridgehead atoms. The van der Waals surface area contributed by atoms with Crippen molar-refractivity contribution in [2.75, 3.05) is 0 Å². The molecule has 2 N–H and O–H groups in total. The maximum Gasteiger partial charge on any atom is 0.0667 e. The van der Waals surface area contributed by atoms with E-state index < -0.39 is 0 Å². The van der Waals surface area contributed by atoms with Crippen molar-refractivity contribution in [3.05, 3.63) is 35.7 Å². The van der Waals surface area contributed by atoms with Crippen molar-refractivity contribution in [2.24, 2.45) is 5.73 Å². The molecule has 0 fully saturated rings. The Hall–Kier alpha value is -1.35. The molecule has 0 aliphatic heterocycles. The van der Waals surface area contributed by atoms with Gasteiger partial charge in [0.05, 0.1) is 11.2 Å². The average Bonchev–Trinajstić information content (AvgIpc) is 2.45. The van der Waals surface area contributed by atoms with Gasteiger partial charge in [-0.15, -0.1) is 0 Å². The van der Waals surface area contributed by atoms with E-state index in [2.05, 4.69) is 23.3 Å². The van der Waals surface area contributed by atoms with E-state index in [1.54, 1.807) is 0 Å². The fourth-order valence-corrected chi connectivity index (χ4v) is 1.68. The summed E-state index contributed by atoms with van der Waals surface area (Å²) in [6.07, 6.45) is 0.860. The maximum atomic E-state index is 5.78. The molecule has 0 saturated heterocycles. The maximum absolute atomic E-state index is 5.78. The summed E-state index contributed by atoms with van der Waals surface area (Å²) in [5, 5.41) is 4.43. The van der Waals surface area contributed by atoms with Crippen molar-refractivity contribution in [3.8, 4) is 0 Å². The van der Waals surface area contributed by atoms with Gasteiger partial charge >= 0.3 is 0 Å².